The second-order valence-electron chi connectivity index (χ2n) is 2.09. The Morgan fingerprint density at radius 3 is 2.18 bits per heavy atom. The van der Waals surface area contributed by atoms with Gasteiger partial charge in [-0.3, -0.25) is 0 Å². The second-order valence-corrected chi connectivity index (χ2v) is 2.09. The van der Waals surface area contributed by atoms with Gasteiger partial charge in [-0.2, -0.15) is 0 Å². The zero-order valence-corrected chi connectivity index (χ0v) is 5.93. The fraction of sp³-hybridized carbons (Fsp3) is 0.667. The van der Waals surface area contributed by atoms with Crippen LogP contribution in [-0.2, 0) is 0 Å². The quantitative estimate of drug-likeness (QED) is 0.205. The molecule has 0 bridgehead atoms. The molecule has 0 atom stereocenters. The number of hydrogen-bond donors (Lipinski definition) is 5. The summed E-state index contributed by atoms with van der Waals surface area (Å²) in [6.45, 7) is -0.0565. The average molecular weight is 164 g/mol. The molecule has 0 heterocycles. The molecule has 11 heavy (non-hydrogen) atoms. The first-order valence-corrected chi connectivity index (χ1v) is 3.16. The third-order valence-electron chi connectivity index (χ3n) is 1.04. The lowest BCUT2D eigenvalue weighted by molar-refractivity contribution is -0.298. The summed E-state index contributed by atoms with van der Waals surface area (Å²) in [6.07, 6.45) is 1.68. The van der Waals surface area contributed by atoms with Gasteiger partial charge in [0.05, 0.1) is 0 Å². The third-order valence-corrected chi connectivity index (χ3v) is 1.04. The summed E-state index contributed by atoms with van der Waals surface area (Å²) in [5.41, 5.74) is 0. The molecule has 0 fully saturated rings. The lowest BCUT2D eigenvalue weighted by Gasteiger charge is -2.11. The van der Waals surface area contributed by atoms with Crippen molar-refractivity contribution in [3.05, 3.63) is 11.8 Å². The van der Waals surface area contributed by atoms with E-state index in [9.17, 15) is 0 Å². The molecule has 0 aliphatic heterocycles. The molecule has 0 saturated carbocycles. The summed E-state index contributed by atoms with van der Waals surface area (Å²) in [5.74, 6) is -4.08. The first-order valence-electron chi connectivity index (χ1n) is 3.16. The fourth-order valence-electron chi connectivity index (χ4n) is 0.467. The van der Waals surface area contributed by atoms with Gasteiger partial charge in [0.25, 0.3) is 0 Å². The molecule has 5 N–H and O–H groups in total. The molecule has 0 aromatic rings. The number of allylic oxidation sites excluding steroid dienone is 1. The molecule has 0 saturated heterocycles. The maximum atomic E-state index is 8.64. The van der Waals surface area contributed by atoms with Crippen LogP contribution in [0.4, 0.5) is 0 Å². The summed E-state index contributed by atoms with van der Waals surface area (Å²) in [5, 5.41) is 41.9. The van der Waals surface area contributed by atoms with Crippen LogP contribution in [0.1, 0.15) is 12.8 Å². The Morgan fingerprint density at radius 2 is 1.82 bits per heavy atom. The Morgan fingerprint density at radius 1 is 1.27 bits per heavy atom. The van der Waals surface area contributed by atoms with Gasteiger partial charge in [-0.15, -0.1) is 0 Å². The maximum Gasteiger partial charge on any atom is 0.337 e. The largest absolute Gasteiger partial charge is 0.505 e. The predicted molar refractivity (Wildman–Crippen MR) is 36.4 cm³/mol. The van der Waals surface area contributed by atoms with Crippen molar-refractivity contribution in [2.24, 2.45) is 0 Å². The minimum absolute atomic E-state index is 0.0565. The number of aliphatic hydroxyl groups excluding tert-OH is 2. The van der Waals surface area contributed by atoms with E-state index < -0.39 is 11.7 Å². The molecule has 0 radical (unpaired) electrons. The van der Waals surface area contributed by atoms with Gasteiger partial charge in [0.15, 0.2) is 5.76 Å². The van der Waals surface area contributed by atoms with E-state index in [0.717, 1.165) is 6.08 Å². The summed E-state index contributed by atoms with van der Waals surface area (Å²) < 4.78 is 0. The van der Waals surface area contributed by atoms with Crippen molar-refractivity contribution in [3.8, 4) is 0 Å². The Hall–Kier alpha value is -0.620. The number of unbranched alkanes of at least 4 members (excludes halogenated alkanes) is 1. The lowest BCUT2D eigenvalue weighted by atomic mass is 10.2. The molecule has 0 unspecified atom stereocenters. The minimum Gasteiger partial charge on any atom is -0.505 e. The van der Waals surface area contributed by atoms with Crippen LogP contribution < -0.4 is 0 Å². The van der Waals surface area contributed by atoms with E-state index in [1.807, 2.05) is 0 Å². The SMILES string of the molecule is OCCCC=C(O)C(O)(O)O. The first-order chi connectivity index (χ1) is 4.98. The van der Waals surface area contributed by atoms with Crippen molar-refractivity contribution in [1.29, 1.82) is 0 Å². The van der Waals surface area contributed by atoms with Gasteiger partial charge in [-0.05, 0) is 18.9 Å². The van der Waals surface area contributed by atoms with Gasteiger partial charge in [0.2, 0.25) is 0 Å². The van der Waals surface area contributed by atoms with Gasteiger partial charge in [-0.25, -0.2) is 0 Å². The van der Waals surface area contributed by atoms with E-state index in [-0.39, 0.29) is 13.0 Å². The molecule has 0 amide bonds. The smallest absolute Gasteiger partial charge is 0.337 e. The molecule has 5 nitrogen and oxygen atoms in total. The Bertz CT molecular complexity index is 134. The standard InChI is InChI=1S/C6H12O5/c7-4-2-1-3-5(8)6(9,10)11/h3,7-11H,1-2,4H2. The van der Waals surface area contributed by atoms with E-state index in [1.165, 1.54) is 0 Å². The van der Waals surface area contributed by atoms with Crippen molar-refractivity contribution in [1.82, 2.24) is 0 Å². The van der Waals surface area contributed by atoms with E-state index in [0.29, 0.717) is 6.42 Å². The molecular formula is C6H12O5. The van der Waals surface area contributed by atoms with Gasteiger partial charge < -0.3 is 25.5 Å². The number of aliphatic hydroxyl groups is 5. The normalized spacial score (nSPS) is 13.6. The zero-order chi connectivity index (χ0) is 8.91. The highest BCUT2D eigenvalue weighted by Gasteiger charge is 2.23. The number of hydrogen-bond acceptors (Lipinski definition) is 5. The van der Waals surface area contributed by atoms with Crippen molar-refractivity contribution in [2.45, 2.75) is 18.8 Å². The zero-order valence-electron chi connectivity index (χ0n) is 5.93. The molecular weight excluding hydrogens is 152 g/mol. The van der Waals surface area contributed by atoms with E-state index in [1.54, 1.807) is 0 Å². The summed E-state index contributed by atoms with van der Waals surface area (Å²) >= 11 is 0. The van der Waals surface area contributed by atoms with E-state index in [4.69, 9.17) is 25.5 Å². The van der Waals surface area contributed by atoms with Gasteiger partial charge in [-0.1, -0.05) is 0 Å². The second kappa shape index (κ2) is 4.30. The summed E-state index contributed by atoms with van der Waals surface area (Å²) in [7, 11) is 0. The molecule has 0 spiro atoms. The maximum absolute atomic E-state index is 8.64. The van der Waals surface area contributed by atoms with Crippen molar-refractivity contribution >= 4 is 0 Å². The van der Waals surface area contributed by atoms with Crippen LogP contribution >= 0.6 is 0 Å². The topological polar surface area (TPSA) is 101 Å². The van der Waals surface area contributed by atoms with Crippen LogP contribution in [-0.4, -0.2) is 38.1 Å². The van der Waals surface area contributed by atoms with Crippen molar-refractivity contribution in [3.63, 3.8) is 0 Å². The molecule has 5 heteroatoms. The predicted octanol–water partition coefficient (Wildman–Crippen LogP) is -1.17. The highest BCUT2D eigenvalue weighted by Crippen LogP contribution is 2.07. The summed E-state index contributed by atoms with van der Waals surface area (Å²) in [4.78, 5) is 0. The molecule has 0 aliphatic rings. The third kappa shape index (κ3) is 4.74. The minimum atomic E-state index is -3.16. The van der Waals surface area contributed by atoms with Gasteiger partial charge in [0.1, 0.15) is 0 Å². The van der Waals surface area contributed by atoms with Crippen LogP contribution in [0, 0.1) is 0 Å². The Labute approximate surface area is 63.8 Å². The van der Waals surface area contributed by atoms with E-state index in [2.05, 4.69) is 0 Å². The first kappa shape index (κ1) is 10.4. The number of rotatable bonds is 4. The lowest BCUT2D eigenvalue weighted by Crippen LogP contribution is -2.29. The Balaban J connectivity index is 3.81. The van der Waals surface area contributed by atoms with Crippen LogP contribution in [0.25, 0.3) is 0 Å². The van der Waals surface area contributed by atoms with Crippen LogP contribution in [0.5, 0.6) is 0 Å². The fourth-order valence-corrected chi connectivity index (χ4v) is 0.467. The van der Waals surface area contributed by atoms with Crippen molar-refractivity contribution < 1.29 is 25.5 Å². The monoisotopic (exact) mass is 164 g/mol. The highest BCUT2D eigenvalue weighted by molar-refractivity contribution is 4.96. The average Bonchev–Trinajstić information content (AvgIpc) is 1.86. The molecule has 0 aliphatic carbocycles. The molecule has 0 aromatic heterocycles. The summed E-state index contributed by atoms with van der Waals surface area (Å²) in [6, 6.07) is 0. The van der Waals surface area contributed by atoms with Crippen LogP contribution in [0.15, 0.2) is 11.8 Å². The molecule has 66 valence electrons. The molecule has 0 rings (SSSR count). The highest BCUT2D eigenvalue weighted by atomic mass is 16.7. The van der Waals surface area contributed by atoms with Crippen LogP contribution in [0.2, 0.25) is 0 Å². The Kier molecular flexibility index (Phi) is 4.06. The van der Waals surface area contributed by atoms with Gasteiger partial charge in [0, 0.05) is 6.61 Å². The van der Waals surface area contributed by atoms with E-state index >= 15 is 0 Å². The van der Waals surface area contributed by atoms with Crippen LogP contribution in [0.3, 0.4) is 0 Å². The van der Waals surface area contributed by atoms with Gasteiger partial charge >= 0.3 is 5.97 Å². The molecule has 0 aromatic carbocycles. The van der Waals surface area contributed by atoms with Crippen molar-refractivity contribution in [2.75, 3.05) is 6.61 Å².